The van der Waals surface area contributed by atoms with Crippen LogP contribution in [0.4, 0.5) is 8.78 Å². The minimum Gasteiger partial charge on any atom is -0.306 e. The number of hydrogen-bond acceptors (Lipinski definition) is 1. The maximum atomic E-state index is 13.6. The quantitative estimate of drug-likeness (QED) is 0.842. The van der Waals surface area contributed by atoms with Crippen LogP contribution in [0.15, 0.2) is 42.5 Å². The maximum Gasteiger partial charge on any atom is 0.142 e. The molecule has 1 N–H and O–H groups in total. The zero-order valence-corrected chi connectivity index (χ0v) is 11.9. The SMILES string of the molecule is CCCNC(c1ccc(F)cc1)c1ccc(Cl)c(F)c1. The average Bonchev–Trinajstić information content (AvgIpc) is 2.45. The van der Waals surface area contributed by atoms with Gasteiger partial charge in [0.25, 0.3) is 0 Å². The van der Waals surface area contributed by atoms with Gasteiger partial charge in [0.1, 0.15) is 11.6 Å². The van der Waals surface area contributed by atoms with E-state index in [1.807, 2.05) is 0 Å². The average molecular weight is 296 g/mol. The standard InChI is InChI=1S/C16H16ClF2N/c1-2-9-20-16(11-3-6-13(18)7-4-11)12-5-8-14(17)15(19)10-12/h3-8,10,16,20H,2,9H2,1H3. The normalized spacial score (nSPS) is 12.4. The Morgan fingerprint density at radius 3 is 2.30 bits per heavy atom. The summed E-state index contributed by atoms with van der Waals surface area (Å²) in [4.78, 5) is 0. The first-order valence-electron chi connectivity index (χ1n) is 6.55. The molecule has 0 aliphatic rings. The van der Waals surface area contributed by atoms with Gasteiger partial charge in [-0.2, -0.15) is 0 Å². The highest BCUT2D eigenvalue weighted by atomic mass is 35.5. The summed E-state index contributed by atoms with van der Waals surface area (Å²) in [5.74, 6) is -0.736. The number of hydrogen-bond donors (Lipinski definition) is 1. The predicted molar refractivity (Wildman–Crippen MR) is 77.9 cm³/mol. The molecule has 0 spiro atoms. The highest BCUT2D eigenvalue weighted by molar-refractivity contribution is 6.30. The van der Waals surface area contributed by atoms with Crippen LogP contribution in [0.2, 0.25) is 5.02 Å². The molecule has 106 valence electrons. The van der Waals surface area contributed by atoms with Crippen molar-refractivity contribution < 1.29 is 8.78 Å². The monoisotopic (exact) mass is 295 g/mol. The lowest BCUT2D eigenvalue weighted by molar-refractivity contribution is 0.582. The van der Waals surface area contributed by atoms with E-state index < -0.39 is 5.82 Å². The summed E-state index contributed by atoms with van der Waals surface area (Å²) in [6.07, 6.45) is 0.952. The van der Waals surface area contributed by atoms with Crippen molar-refractivity contribution in [2.45, 2.75) is 19.4 Å². The fourth-order valence-electron chi connectivity index (χ4n) is 2.06. The molecule has 1 nitrogen and oxygen atoms in total. The highest BCUT2D eigenvalue weighted by Crippen LogP contribution is 2.25. The van der Waals surface area contributed by atoms with Gasteiger partial charge in [0, 0.05) is 0 Å². The molecule has 0 saturated carbocycles. The molecule has 0 fully saturated rings. The summed E-state index contributed by atoms with van der Waals surface area (Å²) in [7, 11) is 0. The number of nitrogens with one attached hydrogen (secondary N) is 1. The summed E-state index contributed by atoms with van der Waals surface area (Å²) >= 11 is 5.71. The van der Waals surface area contributed by atoms with Gasteiger partial charge in [-0.25, -0.2) is 8.78 Å². The van der Waals surface area contributed by atoms with Crippen LogP contribution in [0.3, 0.4) is 0 Å². The Hall–Kier alpha value is -1.45. The zero-order valence-electron chi connectivity index (χ0n) is 11.2. The van der Waals surface area contributed by atoms with Gasteiger partial charge < -0.3 is 5.32 Å². The van der Waals surface area contributed by atoms with E-state index >= 15 is 0 Å². The molecule has 0 aliphatic heterocycles. The van der Waals surface area contributed by atoms with Crippen molar-refractivity contribution in [2.75, 3.05) is 6.54 Å². The molecule has 1 atom stereocenters. The van der Waals surface area contributed by atoms with E-state index in [-0.39, 0.29) is 16.9 Å². The molecular weight excluding hydrogens is 280 g/mol. The Balaban J connectivity index is 2.35. The molecule has 20 heavy (non-hydrogen) atoms. The van der Waals surface area contributed by atoms with Crippen LogP contribution in [-0.4, -0.2) is 6.54 Å². The number of rotatable bonds is 5. The highest BCUT2D eigenvalue weighted by Gasteiger charge is 2.15. The topological polar surface area (TPSA) is 12.0 Å². The smallest absolute Gasteiger partial charge is 0.142 e. The Kier molecular flexibility index (Phi) is 5.10. The third-order valence-electron chi connectivity index (χ3n) is 3.08. The lowest BCUT2D eigenvalue weighted by Gasteiger charge is -2.20. The number of benzene rings is 2. The fraction of sp³-hybridized carbons (Fsp3) is 0.250. The van der Waals surface area contributed by atoms with Crippen molar-refractivity contribution in [3.8, 4) is 0 Å². The Morgan fingerprint density at radius 1 is 1.05 bits per heavy atom. The van der Waals surface area contributed by atoms with Gasteiger partial charge in [0.2, 0.25) is 0 Å². The van der Waals surface area contributed by atoms with Gasteiger partial charge in [-0.05, 0) is 48.4 Å². The summed E-state index contributed by atoms with van der Waals surface area (Å²) in [5.41, 5.74) is 1.66. The van der Waals surface area contributed by atoms with E-state index in [4.69, 9.17) is 11.6 Å². The second-order valence-corrected chi connectivity index (χ2v) is 5.02. The molecule has 0 aromatic heterocycles. The van der Waals surface area contributed by atoms with E-state index in [0.29, 0.717) is 0 Å². The molecule has 0 radical (unpaired) electrons. The molecule has 0 amide bonds. The van der Waals surface area contributed by atoms with Crippen LogP contribution in [0.5, 0.6) is 0 Å². The van der Waals surface area contributed by atoms with Crippen molar-refractivity contribution in [3.05, 3.63) is 70.2 Å². The van der Waals surface area contributed by atoms with Crippen LogP contribution in [0, 0.1) is 11.6 Å². The molecule has 2 aromatic rings. The summed E-state index contributed by atoms with van der Waals surface area (Å²) < 4.78 is 26.6. The van der Waals surface area contributed by atoms with E-state index in [1.165, 1.54) is 24.3 Å². The molecule has 0 heterocycles. The first-order chi connectivity index (χ1) is 9.61. The summed E-state index contributed by atoms with van der Waals surface area (Å²) in [5, 5.41) is 3.44. The Bertz CT molecular complexity index is 569. The van der Waals surface area contributed by atoms with Gasteiger partial charge in [0.15, 0.2) is 0 Å². The van der Waals surface area contributed by atoms with Gasteiger partial charge in [-0.15, -0.1) is 0 Å². The summed E-state index contributed by atoms with van der Waals surface area (Å²) in [6.45, 7) is 2.84. The molecule has 0 saturated heterocycles. The fourth-order valence-corrected chi connectivity index (χ4v) is 2.18. The summed E-state index contributed by atoms with van der Waals surface area (Å²) in [6, 6.07) is 10.8. The second-order valence-electron chi connectivity index (χ2n) is 4.61. The van der Waals surface area contributed by atoms with E-state index in [9.17, 15) is 8.78 Å². The van der Waals surface area contributed by atoms with Gasteiger partial charge >= 0.3 is 0 Å². The number of halogens is 3. The van der Waals surface area contributed by atoms with Crippen molar-refractivity contribution in [2.24, 2.45) is 0 Å². The van der Waals surface area contributed by atoms with E-state index in [2.05, 4.69) is 12.2 Å². The van der Waals surface area contributed by atoms with Crippen LogP contribution >= 0.6 is 11.6 Å². The van der Waals surface area contributed by atoms with Crippen LogP contribution in [0.25, 0.3) is 0 Å². The lowest BCUT2D eigenvalue weighted by Crippen LogP contribution is -2.23. The molecular formula is C16H16ClF2N. The lowest BCUT2D eigenvalue weighted by atomic mass is 9.98. The van der Waals surface area contributed by atoms with Crippen molar-refractivity contribution in [1.82, 2.24) is 5.32 Å². The van der Waals surface area contributed by atoms with E-state index in [0.717, 1.165) is 24.1 Å². The minimum absolute atomic E-state index is 0.0992. The largest absolute Gasteiger partial charge is 0.306 e. The van der Waals surface area contributed by atoms with Crippen LogP contribution < -0.4 is 5.32 Å². The molecule has 2 rings (SSSR count). The van der Waals surface area contributed by atoms with Crippen molar-refractivity contribution >= 4 is 11.6 Å². The minimum atomic E-state index is -0.449. The predicted octanol–water partition coefficient (Wildman–Crippen LogP) is 4.71. The third-order valence-corrected chi connectivity index (χ3v) is 3.39. The first-order valence-corrected chi connectivity index (χ1v) is 6.93. The molecule has 1 unspecified atom stereocenters. The molecule has 0 bridgehead atoms. The van der Waals surface area contributed by atoms with Gasteiger partial charge in [-0.3, -0.25) is 0 Å². The molecule has 4 heteroatoms. The van der Waals surface area contributed by atoms with E-state index in [1.54, 1.807) is 18.2 Å². The molecule has 0 aliphatic carbocycles. The van der Waals surface area contributed by atoms with Gasteiger partial charge in [-0.1, -0.05) is 36.7 Å². The first kappa shape index (κ1) is 14.9. The van der Waals surface area contributed by atoms with Crippen LogP contribution in [0.1, 0.15) is 30.5 Å². The third kappa shape index (κ3) is 3.56. The zero-order chi connectivity index (χ0) is 14.5. The van der Waals surface area contributed by atoms with Crippen molar-refractivity contribution in [1.29, 1.82) is 0 Å². The van der Waals surface area contributed by atoms with Gasteiger partial charge in [0.05, 0.1) is 11.1 Å². The maximum absolute atomic E-state index is 13.6. The Morgan fingerprint density at radius 2 is 1.70 bits per heavy atom. The van der Waals surface area contributed by atoms with Crippen LogP contribution in [-0.2, 0) is 0 Å². The molecule has 2 aromatic carbocycles. The Labute approximate surface area is 122 Å². The van der Waals surface area contributed by atoms with Crippen molar-refractivity contribution in [3.63, 3.8) is 0 Å². The second kappa shape index (κ2) is 6.82.